The fourth-order valence-corrected chi connectivity index (χ4v) is 5.96. The van der Waals surface area contributed by atoms with E-state index in [1.54, 1.807) is 6.07 Å². The molecule has 0 radical (unpaired) electrons. The summed E-state index contributed by atoms with van der Waals surface area (Å²) >= 11 is 0. The Morgan fingerprint density at radius 2 is 2.11 bits per heavy atom. The minimum Gasteiger partial charge on any atom is -0.487 e. The van der Waals surface area contributed by atoms with Gasteiger partial charge in [0.2, 0.25) is 0 Å². The number of carbonyl (C=O) groups excluding carboxylic acids is 1. The number of nitrogens with zero attached hydrogens (tertiary/aromatic N) is 1. The van der Waals surface area contributed by atoms with Crippen molar-refractivity contribution in [1.29, 1.82) is 0 Å². The van der Waals surface area contributed by atoms with Crippen LogP contribution >= 0.6 is 0 Å². The van der Waals surface area contributed by atoms with Crippen molar-refractivity contribution in [2.45, 2.75) is 57.8 Å². The third-order valence-corrected chi connectivity index (χ3v) is 7.30. The average molecular weight is 373 g/mol. The monoisotopic (exact) mass is 373 g/mol. The van der Waals surface area contributed by atoms with Crippen molar-refractivity contribution in [3.63, 3.8) is 0 Å². The van der Waals surface area contributed by atoms with Crippen LogP contribution in [0.4, 0.5) is 5.69 Å². The number of carbonyl (C=O) groups is 1. The van der Waals surface area contributed by atoms with Crippen LogP contribution in [0.2, 0.25) is 0 Å². The molecule has 0 aromatic heterocycles. The lowest BCUT2D eigenvalue weighted by atomic mass is 9.55. The zero-order valence-corrected chi connectivity index (χ0v) is 15.8. The number of hydrogen-bond donors (Lipinski definition) is 1. The number of nitro groups is 1. The predicted octanol–water partition coefficient (Wildman–Crippen LogP) is 3.78. The maximum absolute atomic E-state index is 12.4. The zero-order valence-electron chi connectivity index (χ0n) is 15.8. The third kappa shape index (κ3) is 2.85. The fraction of sp³-hybridized carbons (Fsp3) is 0.667. The summed E-state index contributed by atoms with van der Waals surface area (Å²) < 4.78 is 5.59. The number of rotatable bonds is 5. The molecule has 0 spiro atoms. The van der Waals surface area contributed by atoms with Gasteiger partial charge >= 0.3 is 5.69 Å². The summed E-state index contributed by atoms with van der Waals surface area (Å²) in [5.74, 6) is 1.89. The summed E-state index contributed by atoms with van der Waals surface area (Å²) in [4.78, 5) is 23.9. The minimum absolute atomic E-state index is 0.00136. The van der Waals surface area contributed by atoms with Crippen LogP contribution in [0.25, 0.3) is 0 Å². The lowest BCUT2D eigenvalue weighted by molar-refractivity contribution is -0.386. The number of nitro benzene ring substituents is 1. The van der Waals surface area contributed by atoms with Gasteiger partial charge in [0.05, 0.1) is 11.5 Å². The summed E-state index contributed by atoms with van der Waals surface area (Å²) in [6.45, 7) is 2.41. The first-order valence-electron chi connectivity index (χ1n) is 10.0. The largest absolute Gasteiger partial charge is 0.487 e. The first-order valence-corrected chi connectivity index (χ1v) is 10.0. The van der Waals surface area contributed by atoms with Crippen LogP contribution < -0.4 is 4.74 Å². The number of Topliss-reactive ketones (excluding diaryl/α,β-unsaturated/α-hetero) is 1. The lowest BCUT2D eigenvalue weighted by Crippen LogP contribution is -2.42. The molecule has 4 atom stereocenters. The fourth-order valence-electron chi connectivity index (χ4n) is 5.96. The van der Waals surface area contributed by atoms with Gasteiger partial charge < -0.3 is 9.84 Å². The number of aliphatic hydroxyl groups is 1. The molecule has 3 aliphatic rings. The van der Waals surface area contributed by atoms with Crippen molar-refractivity contribution in [1.82, 2.24) is 0 Å². The molecule has 146 valence electrons. The molecular formula is C21H27NO5. The van der Waals surface area contributed by atoms with E-state index in [1.807, 2.05) is 6.07 Å². The Bertz CT molecular complexity index is 776. The molecule has 1 N–H and O–H groups in total. The van der Waals surface area contributed by atoms with Crippen LogP contribution in [0.15, 0.2) is 12.1 Å². The summed E-state index contributed by atoms with van der Waals surface area (Å²) in [6.07, 6.45) is 5.51. The van der Waals surface area contributed by atoms with E-state index in [9.17, 15) is 14.9 Å². The number of fused-ring (bicyclic) bond motifs is 5. The minimum atomic E-state index is -0.320. The second kappa shape index (κ2) is 6.89. The third-order valence-electron chi connectivity index (χ3n) is 7.30. The Balaban J connectivity index is 1.68. The van der Waals surface area contributed by atoms with Gasteiger partial charge in [0.25, 0.3) is 0 Å². The van der Waals surface area contributed by atoms with Crippen LogP contribution in [0, 0.1) is 27.4 Å². The highest BCUT2D eigenvalue weighted by Crippen LogP contribution is 2.60. The zero-order chi connectivity index (χ0) is 19.2. The van der Waals surface area contributed by atoms with Gasteiger partial charge in [-0.2, -0.15) is 0 Å². The Hall–Kier alpha value is -1.95. The van der Waals surface area contributed by atoms with Gasteiger partial charge in [0.1, 0.15) is 5.78 Å². The molecule has 2 saturated carbocycles. The van der Waals surface area contributed by atoms with Gasteiger partial charge in [0, 0.05) is 30.4 Å². The van der Waals surface area contributed by atoms with Gasteiger partial charge in [-0.25, -0.2) is 0 Å². The molecule has 0 unspecified atom stereocenters. The maximum Gasteiger partial charge on any atom is 0.314 e. The molecule has 0 heterocycles. The van der Waals surface area contributed by atoms with E-state index < -0.39 is 0 Å². The molecule has 1 aromatic carbocycles. The Labute approximate surface area is 159 Å². The number of ether oxygens (including phenoxy) is 1. The molecular weight excluding hydrogens is 346 g/mol. The van der Waals surface area contributed by atoms with E-state index in [-0.39, 0.29) is 29.2 Å². The first-order chi connectivity index (χ1) is 13.0. The molecule has 6 heteroatoms. The molecule has 3 aliphatic carbocycles. The van der Waals surface area contributed by atoms with Crippen LogP contribution in [-0.4, -0.2) is 29.0 Å². The van der Waals surface area contributed by atoms with E-state index in [1.165, 1.54) is 0 Å². The molecule has 0 bridgehead atoms. The van der Waals surface area contributed by atoms with Gasteiger partial charge in [-0.3, -0.25) is 14.9 Å². The number of aliphatic hydroxyl groups excluding tert-OH is 1. The highest BCUT2D eigenvalue weighted by atomic mass is 16.6. The van der Waals surface area contributed by atoms with Gasteiger partial charge in [0.15, 0.2) is 5.75 Å². The van der Waals surface area contributed by atoms with Crippen molar-refractivity contribution in [3.05, 3.63) is 33.4 Å². The van der Waals surface area contributed by atoms with Crippen molar-refractivity contribution in [3.8, 4) is 5.75 Å². The van der Waals surface area contributed by atoms with Crippen molar-refractivity contribution < 1.29 is 19.6 Å². The molecule has 2 fully saturated rings. The molecule has 27 heavy (non-hydrogen) atoms. The molecule has 0 aliphatic heterocycles. The summed E-state index contributed by atoms with van der Waals surface area (Å²) in [6, 6.07) is 3.73. The number of ketones is 1. The second-order valence-corrected chi connectivity index (χ2v) is 8.50. The van der Waals surface area contributed by atoms with Gasteiger partial charge in [-0.1, -0.05) is 13.0 Å². The standard InChI is InChI=1S/C21H27NO5/c1-21-10-9-14-13-5-7-18(27-12-2-11-23)20(22(25)26)16(13)4-3-15(14)17(21)6-8-19(21)24/h5,7,14-15,17,23H,2-4,6,8-12H2,1H3/t14-,15-,17-,21+/m0/s1. The summed E-state index contributed by atoms with van der Waals surface area (Å²) in [5, 5.41) is 20.7. The smallest absolute Gasteiger partial charge is 0.314 e. The molecule has 1 aromatic rings. The molecule has 0 amide bonds. The average Bonchev–Trinajstić information content (AvgIpc) is 2.96. The highest BCUT2D eigenvalue weighted by molar-refractivity contribution is 5.87. The maximum atomic E-state index is 12.4. The van der Waals surface area contributed by atoms with E-state index in [4.69, 9.17) is 9.84 Å². The Morgan fingerprint density at radius 3 is 2.85 bits per heavy atom. The quantitative estimate of drug-likeness (QED) is 0.482. The van der Waals surface area contributed by atoms with Crippen molar-refractivity contribution in [2.75, 3.05) is 13.2 Å². The van der Waals surface area contributed by atoms with Crippen LogP contribution in [0.3, 0.4) is 0 Å². The normalized spacial score (nSPS) is 31.8. The SMILES string of the molecule is C[C@@]12CC[C@H]3c4ccc(OCCCO)c([N+](=O)[O-])c4CC[C@@H]3[C@@H]1CCC2=O. The Morgan fingerprint density at radius 1 is 1.30 bits per heavy atom. The second-order valence-electron chi connectivity index (χ2n) is 8.50. The molecule has 6 nitrogen and oxygen atoms in total. The van der Waals surface area contributed by atoms with E-state index in [0.717, 1.165) is 36.8 Å². The Kier molecular flexibility index (Phi) is 4.70. The summed E-state index contributed by atoms with van der Waals surface area (Å²) in [7, 11) is 0. The topological polar surface area (TPSA) is 89.7 Å². The van der Waals surface area contributed by atoms with Crippen LogP contribution in [0.5, 0.6) is 5.75 Å². The van der Waals surface area contributed by atoms with Crippen LogP contribution in [0.1, 0.15) is 62.5 Å². The van der Waals surface area contributed by atoms with Crippen LogP contribution in [-0.2, 0) is 11.2 Å². The molecule has 4 rings (SSSR count). The van der Waals surface area contributed by atoms with Crippen molar-refractivity contribution in [2.24, 2.45) is 17.3 Å². The van der Waals surface area contributed by atoms with Gasteiger partial charge in [-0.15, -0.1) is 0 Å². The predicted molar refractivity (Wildman–Crippen MR) is 99.9 cm³/mol. The highest BCUT2D eigenvalue weighted by Gasteiger charge is 2.55. The van der Waals surface area contributed by atoms with E-state index >= 15 is 0 Å². The molecule has 0 saturated heterocycles. The lowest BCUT2D eigenvalue weighted by Gasteiger charge is -2.48. The van der Waals surface area contributed by atoms with Crippen molar-refractivity contribution >= 4 is 11.5 Å². The summed E-state index contributed by atoms with van der Waals surface area (Å²) in [5.41, 5.74) is 1.82. The van der Waals surface area contributed by atoms with E-state index in [0.29, 0.717) is 48.5 Å². The van der Waals surface area contributed by atoms with Gasteiger partial charge in [-0.05, 0) is 61.5 Å². The number of benzene rings is 1. The van der Waals surface area contributed by atoms with E-state index in [2.05, 4.69) is 6.92 Å². The number of hydrogen-bond acceptors (Lipinski definition) is 5. The first kappa shape index (κ1) is 18.4.